The Labute approximate surface area is 154 Å². The summed E-state index contributed by atoms with van der Waals surface area (Å²) in [6.45, 7) is -3.07. The Morgan fingerprint density at radius 3 is 2.75 bits per heavy atom. The molecular weight excluding hydrogens is 426 g/mol. The number of ether oxygens (including phenoxy) is 1. The number of aromatic nitrogens is 2. The Morgan fingerprint density at radius 2 is 2.17 bits per heavy atom. The summed E-state index contributed by atoms with van der Waals surface area (Å²) in [4.78, 5) is 7.09. The minimum atomic E-state index is -3.07. The Balaban J connectivity index is 2.12. The lowest BCUT2D eigenvalue weighted by Crippen LogP contribution is -2.56. The van der Waals surface area contributed by atoms with Crippen LogP contribution >= 0.6 is 38.9 Å². The Hall–Kier alpha value is -1.13. The third-order valence-corrected chi connectivity index (χ3v) is 5.93. The molecule has 0 saturated heterocycles. The van der Waals surface area contributed by atoms with E-state index >= 15 is 0 Å². The molecule has 128 valence electrons. The first-order valence-electron chi connectivity index (χ1n) is 6.78. The predicted molar refractivity (Wildman–Crippen MR) is 91.5 cm³/mol. The number of hydrogen-bond donors (Lipinski definition) is 2. The van der Waals surface area contributed by atoms with Crippen molar-refractivity contribution in [1.29, 1.82) is 0 Å². The van der Waals surface area contributed by atoms with Crippen LogP contribution in [-0.2, 0) is 9.73 Å². The van der Waals surface area contributed by atoms with Gasteiger partial charge in [0.2, 0.25) is 0 Å². The average Bonchev–Trinajstić information content (AvgIpc) is 3.06. The van der Waals surface area contributed by atoms with Crippen molar-refractivity contribution in [2.24, 2.45) is 5.73 Å². The van der Waals surface area contributed by atoms with E-state index in [1.807, 2.05) is 0 Å². The minimum absolute atomic E-state index is 0.156. The van der Waals surface area contributed by atoms with E-state index in [0.29, 0.717) is 16.4 Å². The van der Waals surface area contributed by atoms with Gasteiger partial charge in [-0.05, 0) is 28.1 Å². The lowest BCUT2D eigenvalue weighted by Gasteiger charge is -2.43. The number of nitrogens with one attached hydrogen (secondary N) is 1. The van der Waals surface area contributed by atoms with E-state index in [1.165, 1.54) is 11.3 Å². The molecule has 1 aliphatic rings. The molecule has 3 rings (SSSR count). The molecule has 2 unspecified atom stereocenters. The molecule has 3 heterocycles. The zero-order chi connectivity index (χ0) is 17.4. The number of thiazole rings is 1. The molecule has 5 nitrogen and oxygen atoms in total. The summed E-state index contributed by atoms with van der Waals surface area (Å²) in [5.41, 5.74) is 5.15. The van der Waals surface area contributed by atoms with Crippen molar-refractivity contribution in [3.8, 4) is 0 Å². The summed E-state index contributed by atoms with van der Waals surface area (Å²) in [5.74, 6) is 0. The fraction of sp³-hybridized carbons (Fsp3) is 0.286. The molecule has 0 fully saturated rings. The van der Waals surface area contributed by atoms with Crippen LogP contribution in [0.2, 0.25) is 0 Å². The van der Waals surface area contributed by atoms with Crippen molar-refractivity contribution < 1.29 is 13.5 Å². The van der Waals surface area contributed by atoms with Crippen LogP contribution in [0.3, 0.4) is 0 Å². The monoisotopic (exact) mass is 436 g/mol. The highest BCUT2D eigenvalue weighted by Gasteiger charge is 2.50. The van der Waals surface area contributed by atoms with E-state index in [4.69, 9.17) is 22.1 Å². The van der Waals surface area contributed by atoms with Crippen LogP contribution in [0.5, 0.6) is 0 Å². The fourth-order valence-electron chi connectivity index (χ4n) is 2.44. The highest BCUT2D eigenvalue weighted by molar-refractivity contribution is 9.12. The standard InChI is InChI=1S/C14H12BrClF2N4OS/c15-10-9(8-3-1-2-4-20-8)22-13(16,11-21-5-6-24-11)7-14(10,19)23-12(17)18/h1-6,12,22H,7,19H2. The molecule has 2 aromatic heterocycles. The summed E-state index contributed by atoms with van der Waals surface area (Å²) < 4.78 is 30.8. The molecule has 2 atom stereocenters. The molecule has 0 saturated carbocycles. The van der Waals surface area contributed by atoms with Crippen LogP contribution in [0.1, 0.15) is 17.1 Å². The van der Waals surface area contributed by atoms with Gasteiger partial charge in [0.15, 0.2) is 10.7 Å². The van der Waals surface area contributed by atoms with Gasteiger partial charge in [0.25, 0.3) is 0 Å². The highest BCUT2D eigenvalue weighted by Crippen LogP contribution is 2.47. The zero-order valence-electron chi connectivity index (χ0n) is 12.0. The predicted octanol–water partition coefficient (Wildman–Crippen LogP) is 3.58. The first kappa shape index (κ1) is 17.7. The van der Waals surface area contributed by atoms with Crippen molar-refractivity contribution in [3.05, 3.63) is 51.2 Å². The van der Waals surface area contributed by atoms with E-state index in [0.717, 1.165) is 0 Å². The zero-order valence-corrected chi connectivity index (χ0v) is 15.2. The Kier molecular flexibility index (Phi) is 4.89. The van der Waals surface area contributed by atoms with Crippen LogP contribution in [-0.4, -0.2) is 22.3 Å². The molecule has 0 aromatic carbocycles. The number of alkyl halides is 3. The maximum atomic E-state index is 12.9. The second kappa shape index (κ2) is 6.64. The largest absolute Gasteiger partial charge is 0.358 e. The maximum absolute atomic E-state index is 12.9. The van der Waals surface area contributed by atoms with Gasteiger partial charge < -0.3 is 5.32 Å². The summed E-state index contributed by atoms with van der Waals surface area (Å²) in [6.07, 6.45) is 2.99. The van der Waals surface area contributed by atoms with Gasteiger partial charge in [-0.15, -0.1) is 11.3 Å². The molecule has 2 aromatic rings. The number of nitrogens with two attached hydrogens (primary N) is 1. The minimum Gasteiger partial charge on any atom is -0.358 e. The summed E-state index contributed by atoms with van der Waals surface area (Å²) in [5, 5.41) is 5.33. The van der Waals surface area contributed by atoms with Gasteiger partial charge in [0.1, 0.15) is 5.01 Å². The van der Waals surface area contributed by atoms with Crippen molar-refractivity contribution in [3.63, 3.8) is 0 Å². The van der Waals surface area contributed by atoms with Crippen molar-refractivity contribution in [2.75, 3.05) is 0 Å². The molecule has 0 radical (unpaired) electrons. The van der Waals surface area contributed by atoms with Crippen LogP contribution in [0, 0.1) is 0 Å². The van der Waals surface area contributed by atoms with Gasteiger partial charge >= 0.3 is 6.61 Å². The van der Waals surface area contributed by atoms with Crippen LogP contribution in [0.4, 0.5) is 8.78 Å². The van der Waals surface area contributed by atoms with Gasteiger partial charge in [0, 0.05) is 24.2 Å². The summed E-state index contributed by atoms with van der Waals surface area (Å²) in [6, 6.07) is 5.20. The molecule has 24 heavy (non-hydrogen) atoms. The fourth-order valence-corrected chi connectivity index (χ4v) is 4.13. The Morgan fingerprint density at radius 1 is 1.38 bits per heavy atom. The lowest BCUT2D eigenvalue weighted by atomic mass is 9.96. The van der Waals surface area contributed by atoms with Crippen molar-refractivity contribution in [2.45, 2.75) is 23.8 Å². The molecule has 0 amide bonds. The van der Waals surface area contributed by atoms with E-state index in [1.54, 1.807) is 36.0 Å². The second-order valence-corrected chi connectivity index (χ2v) is 7.44. The van der Waals surface area contributed by atoms with E-state index < -0.39 is 17.3 Å². The van der Waals surface area contributed by atoms with Gasteiger partial charge in [-0.1, -0.05) is 17.7 Å². The number of nitrogens with zero attached hydrogens (tertiary/aromatic N) is 2. The van der Waals surface area contributed by atoms with Crippen molar-refractivity contribution in [1.82, 2.24) is 15.3 Å². The lowest BCUT2D eigenvalue weighted by molar-refractivity contribution is -0.197. The molecule has 10 heteroatoms. The first-order valence-corrected chi connectivity index (χ1v) is 8.83. The number of pyridine rings is 1. The molecule has 3 N–H and O–H groups in total. The molecule has 1 aliphatic heterocycles. The highest BCUT2D eigenvalue weighted by atomic mass is 79.9. The summed E-state index contributed by atoms with van der Waals surface area (Å²) in [7, 11) is 0. The smallest absolute Gasteiger partial charge is 0.347 e. The van der Waals surface area contributed by atoms with Crippen LogP contribution in [0.15, 0.2) is 40.5 Å². The van der Waals surface area contributed by atoms with Crippen LogP contribution < -0.4 is 11.1 Å². The number of hydrogen-bond acceptors (Lipinski definition) is 6. The van der Waals surface area contributed by atoms with E-state index in [9.17, 15) is 8.78 Å². The third kappa shape index (κ3) is 3.31. The van der Waals surface area contributed by atoms with Gasteiger partial charge in [-0.3, -0.25) is 15.5 Å². The SMILES string of the molecule is NC1(OC(F)F)CC(Cl)(c2nccs2)NC(c2ccccn2)=C1Br. The van der Waals surface area contributed by atoms with Gasteiger partial charge in [-0.25, -0.2) is 4.98 Å². The Bertz CT molecular complexity index is 748. The molecular formula is C14H12BrClF2N4OS. The molecule has 0 aliphatic carbocycles. The molecule has 0 bridgehead atoms. The van der Waals surface area contributed by atoms with E-state index in [2.05, 4.69) is 31.2 Å². The number of rotatable bonds is 4. The maximum Gasteiger partial charge on any atom is 0.347 e. The molecule has 0 spiro atoms. The third-order valence-electron chi connectivity index (χ3n) is 3.41. The number of halogens is 4. The van der Waals surface area contributed by atoms with Crippen LogP contribution in [0.25, 0.3) is 5.70 Å². The summed E-state index contributed by atoms with van der Waals surface area (Å²) >= 11 is 11.2. The normalized spacial score (nSPS) is 27.4. The average molecular weight is 438 g/mol. The van der Waals surface area contributed by atoms with Gasteiger partial charge in [0.05, 0.1) is 15.9 Å². The topological polar surface area (TPSA) is 73.1 Å². The van der Waals surface area contributed by atoms with Gasteiger partial charge in [-0.2, -0.15) is 8.78 Å². The van der Waals surface area contributed by atoms with E-state index in [-0.39, 0.29) is 10.9 Å². The first-order chi connectivity index (χ1) is 11.3. The second-order valence-electron chi connectivity index (χ2n) is 5.11. The quantitative estimate of drug-likeness (QED) is 0.434. The van der Waals surface area contributed by atoms with Crippen molar-refractivity contribution >= 4 is 44.6 Å².